The summed E-state index contributed by atoms with van der Waals surface area (Å²) in [6, 6.07) is 2.05. The van der Waals surface area contributed by atoms with Crippen LogP contribution in [0.1, 0.15) is 65.0 Å². The fourth-order valence-electron chi connectivity index (χ4n) is 0.913. The van der Waals surface area contributed by atoms with E-state index in [9.17, 15) is 0 Å². The van der Waals surface area contributed by atoms with Crippen molar-refractivity contribution in [3.63, 3.8) is 0 Å². The second-order valence-corrected chi connectivity index (χ2v) is 3.51. The van der Waals surface area contributed by atoms with Crippen LogP contribution in [0.3, 0.4) is 0 Å². The lowest BCUT2D eigenvalue weighted by Gasteiger charge is -1.90. The Hall–Kier alpha value is -1.29. The molecular weight excluding hydrogens is 206 g/mol. The predicted octanol–water partition coefficient (Wildman–Crippen LogP) is 4.98. The first-order valence-corrected chi connectivity index (χ1v) is 6.65. The molecule has 0 saturated heterocycles. The van der Waals surface area contributed by atoms with E-state index in [2.05, 4.69) is 43.7 Å². The SMILES string of the molecule is CC.CCC.CCCC#Cc1cncc(C)c1. The Kier molecular flexibility index (Phi) is 15.6. The van der Waals surface area contributed by atoms with Gasteiger partial charge in [-0.2, -0.15) is 0 Å². The van der Waals surface area contributed by atoms with Crippen molar-refractivity contribution in [2.45, 2.75) is 60.8 Å². The van der Waals surface area contributed by atoms with Gasteiger partial charge in [0, 0.05) is 24.4 Å². The monoisotopic (exact) mass is 233 g/mol. The molecule has 1 nitrogen and oxygen atoms in total. The maximum Gasteiger partial charge on any atom is 0.0431 e. The van der Waals surface area contributed by atoms with E-state index < -0.39 is 0 Å². The minimum atomic E-state index is 0.966. The van der Waals surface area contributed by atoms with Crippen molar-refractivity contribution in [2.75, 3.05) is 0 Å². The molecule has 0 amide bonds. The molecule has 1 heteroatoms. The molecule has 96 valence electrons. The quantitative estimate of drug-likeness (QED) is 0.623. The van der Waals surface area contributed by atoms with Crippen LogP contribution in [0.25, 0.3) is 0 Å². The zero-order chi connectivity index (χ0) is 13.5. The summed E-state index contributed by atoms with van der Waals surface area (Å²) in [6.07, 6.45) is 6.97. The molecule has 0 spiro atoms. The molecule has 0 bridgehead atoms. The number of unbranched alkanes of at least 4 members (excludes halogenated alkanes) is 1. The zero-order valence-electron chi connectivity index (χ0n) is 12.3. The topological polar surface area (TPSA) is 12.9 Å². The van der Waals surface area contributed by atoms with Gasteiger partial charge in [0.05, 0.1) is 0 Å². The van der Waals surface area contributed by atoms with Gasteiger partial charge < -0.3 is 0 Å². The van der Waals surface area contributed by atoms with Crippen molar-refractivity contribution >= 4 is 0 Å². The Balaban J connectivity index is 0. The van der Waals surface area contributed by atoms with Gasteiger partial charge in [-0.1, -0.05) is 52.9 Å². The van der Waals surface area contributed by atoms with E-state index >= 15 is 0 Å². The lowest BCUT2D eigenvalue weighted by atomic mass is 10.2. The van der Waals surface area contributed by atoms with E-state index in [0.717, 1.165) is 18.4 Å². The molecule has 1 heterocycles. The van der Waals surface area contributed by atoms with Crippen LogP contribution >= 0.6 is 0 Å². The highest BCUT2D eigenvalue weighted by atomic mass is 14.6. The number of rotatable bonds is 1. The Labute approximate surface area is 108 Å². The third kappa shape index (κ3) is 12.6. The standard InChI is InChI=1S/C11H13N.C3H8.C2H6/c1-3-4-5-6-11-7-10(2)8-12-9-11;1-3-2;1-2/h7-9H,3-4H2,1-2H3;3H2,1-2H3;1-2H3. The van der Waals surface area contributed by atoms with Crippen LogP contribution in [0, 0.1) is 18.8 Å². The van der Waals surface area contributed by atoms with Crippen LogP contribution in [-0.2, 0) is 0 Å². The average molecular weight is 233 g/mol. The van der Waals surface area contributed by atoms with Crippen molar-refractivity contribution in [3.05, 3.63) is 29.6 Å². The Morgan fingerprint density at radius 1 is 1.12 bits per heavy atom. The molecule has 0 aliphatic rings. The number of aryl methyl sites for hydroxylation is 1. The van der Waals surface area contributed by atoms with Gasteiger partial charge in [0.1, 0.15) is 0 Å². The van der Waals surface area contributed by atoms with Crippen molar-refractivity contribution in [1.82, 2.24) is 4.98 Å². The van der Waals surface area contributed by atoms with Gasteiger partial charge >= 0.3 is 0 Å². The van der Waals surface area contributed by atoms with Gasteiger partial charge in [-0.15, -0.1) is 0 Å². The molecule has 1 rings (SSSR count). The zero-order valence-corrected chi connectivity index (χ0v) is 12.3. The van der Waals surface area contributed by atoms with Gasteiger partial charge in [-0.3, -0.25) is 4.98 Å². The van der Waals surface area contributed by atoms with E-state index in [4.69, 9.17) is 0 Å². The van der Waals surface area contributed by atoms with Crippen molar-refractivity contribution in [3.8, 4) is 11.8 Å². The van der Waals surface area contributed by atoms with Crippen molar-refractivity contribution < 1.29 is 0 Å². The molecular formula is C16H27N. The van der Waals surface area contributed by atoms with Gasteiger partial charge in [0.15, 0.2) is 0 Å². The average Bonchev–Trinajstić information content (AvgIpc) is 2.33. The second kappa shape index (κ2) is 14.7. The first kappa shape index (κ1) is 18.1. The summed E-state index contributed by atoms with van der Waals surface area (Å²) in [5, 5.41) is 0. The van der Waals surface area contributed by atoms with Gasteiger partial charge in [-0.25, -0.2) is 0 Å². The smallest absolute Gasteiger partial charge is 0.0431 e. The molecule has 0 aliphatic carbocycles. The van der Waals surface area contributed by atoms with Gasteiger partial charge in [0.25, 0.3) is 0 Å². The predicted molar refractivity (Wildman–Crippen MR) is 78.1 cm³/mol. The summed E-state index contributed by atoms with van der Waals surface area (Å²) in [5.41, 5.74) is 2.18. The first-order valence-electron chi connectivity index (χ1n) is 6.65. The molecule has 0 unspecified atom stereocenters. The molecule has 0 aliphatic heterocycles. The second-order valence-electron chi connectivity index (χ2n) is 3.51. The Morgan fingerprint density at radius 3 is 2.18 bits per heavy atom. The number of hydrogen-bond acceptors (Lipinski definition) is 1. The fourth-order valence-corrected chi connectivity index (χ4v) is 0.913. The number of pyridine rings is 1. The molecule has 0 fully saturated rings. The van der Waals surface area contributed by atoms with Crippen LogP contribution in [0.15, 0.2) is 18.5 Å². The van der Waals surface area contributed by atoms with E-state index in [0.29, 0.717) is 0 Å². The van der Waals surface area contributed by atoms with Crippen LogP contribution in [-0.4, -0.2) is 4.98 Å². The minimum absolute atomic E-state index is 0.966. The highest BCUT2D eigenvalue weighted by Crippen LogP contribution is 1.98. The normalized spacial score (nSPS) is 7.65. The van der Waals surface area contributed by atoms with Gasteiger partial charge in [-0.05, 0) is 25.0 Å². The summed E-state index contributed by atoms with van der Waals surface area (Å²) in [5.74, 6) is 6.16. The van der Waals surface area contributed by atoms with Crippen LogP contribution in [0.5, 0.6) is 0 Å². The lowest BCUT2D eigenvalue weighted by Crippen LogP contribution is -1.79. The molecule has 1 aromatic heterocycles. The molecule has 0 radical (unpaired) electrons. The van der Waals surface area contributed by atoms with E-state index in [1.807, 2.05) is 27.0 Å². The minimum Gasteiger partial charge on any atom is -0.263 e. The number of hydrogen-bond donors (Lipinski definition) is 0. The summed E-state index contributed by atoms with van der Waals surface area (Å²) in [4.78, 5) is 4.06. The van der Waals surface area contributed by atoms with Crippen LogP contribution in [0.4, 0.5) is 0 Å². The van der Waals surface area contributed by atoms with Gasteiger partial charge in [0.2, 0.25) is 0 Å². The van der Waals surface area contributed by atoms with Crippen LogP contribution in [0.2, 0.25) is 0 Å². The summed E-state index contributed by atoms with van der Waals surface area (Å²) >= 11 is 0. The highest BCUT2D eigenvalue weighted by molar-refractivity contribution is 5.33. The van der Waals surface area contributed by atoms with E-state index in [1.54, 1.807) is 6.20 Å². The number of nitrogens with zero attached hydrogens (tertiary/aromatic N) is 1. The van der Waals surface area contributed by atoms with Crippen LogP contribution < -0.4 is 0 Å². The highest BCUT2D eigenvalue weighted by Gasteiger charge is 1.86. The third-order valence-corrected chi connectivity index (χ3v) is 1.48. The van der Waals surface area contributed by atoms with Crippen molar-refractivity contribution in [2.24, 2.45) is 0 Å². The van der Waals surface area contributed by atoms with E-state index in [-0.39, 0.29) is 0 Å². The molecule has 0 N–H and O–H groups in total. The molecule has 0 atom stereocenters. The summed E-state index contributed by atoms with van der Waals surface area (Å²) in [6.45, 7) is 12.4. The Morgan fingerprint density at radius 2 is 1.71 bits per heavy atom. The fraction of sp³-hybridized carbons (Fsp3) is 0.562. The maximum atomic E-state index is 4.06. The maximum absolute atomic E-state index is 4.06. The summed E-state index contributed by atoms with van der Waals surface area (Å²) < 4.78 is 0. The number of aromatic nitrogens is 1. The van der Waals surface area contributed by atoms with E-state index in [1.165, 1.54) is 12.0 Å². The third-order valence-electron chi connectivity index (χ3n) is 1.48. The van der Waals surface area contributed by atoms with Crippen molar-refractivity contribution in [1.29, 1.82) is 0 Å². The first-order chi connectivity index (χ1) is 8.24. The summed E-state index contributed by atoms with van der Waals surface area (Å²) in [7, 11) is 0. The lowest BCUT2D eigenvalue weighted by molar-refractivity contribution is 0.983. The largest absolute Gasteiger partial charge is 0.263 e. The molecule has 1 aromatic rings. The Bertz CT molecular complexity index is 318. The molecule has 0 saturated carbocycles. The molecule has 17 heavy (non-hydrogen) atoms. The molecule has 0 aromatic carbocycles.